The van der Waals surface area contributed by atoms with Crippen molar-refractivity contribution in [1.29, 1.82) is 0 Å². The molecule has 0 aliphatic rings. The van der Waals surface area contributed by atoms with Gasteiger partial charge in [-0.15, -0.1) is 11.3 Å². The van der Waals surface area contributed by atoms with Crippen molar-refractivity contribution in [3.8, 4) is 22.3 Å². The van der Waals surface area contributed by atoms with E-state index in [0.717, 1.165) is 15.1 Å². The Morgan fingerprint density at radius 3 is 2.41 bits per heavy atom. The largest absolute Gasteiger partial charge is 0.388 e. The molecular weight excluding hydrogens is 380 g/mol. The van der Waals surface area contributed by atoms with Crippen molar-refractivity contribution in [3.05, 3.63) is 76.0 Å². The van der Waals surface area contributed by atoms with Gasteiger partial charge in [0.2, 0.25) is 0 Å². The van der Waals surface area contributed by atoms with Crippen LogP contribution in [0.1, 0.15) is 32.3 Å². The standard InChI is InChI=1S/C25H24O3S/c1-3-19(26)15-14-18(22(27)4-2)16-21-24(28)20-12-8-9-13-23(20)29-25(21)17-10-6-5-7-11-17/h5-13,16,19,22,26-27H,3-4H2,1-2H3/b18-16+. The van der Waals surface area contributed by atoms with Gasteiger partial charge in [0.1, 0.15) is 6.10 Å². The summed E-state index contributed by atoms with van der Waals surface area (Å²) in [6.45, 7) is 3.70. The third-order valence-electron chi connectivity index (χ3n) is 4.68. The van der Waals surface area contributed by atoms with Gasteiger partial charge in [0, 0.05) is 26.1 Å². The van der Waals surface area contributed by atoms with Crippen molar-refractivity contribution in [1.82, 2.24) is 0 Å². The van der Waals surface area contributed by atoms with Gasteiger partial charge in [0.25, 0.3) is 0 Å². The molecule has 0 aliphatic carbocycles. The first-order valence-corrected chi connectivity index (χ1v) is 10.6. The van der Waals surface area contributed by atoms with Crippen LogP contribution in [0.15, 0.2) is 65.0 Å². The van der Waals surface area contributed by atoms with Crippen LogP contribution in [0.5, 0.6) is 0 Å². The highest BCUT2D eigenvalue weighted by Crippen LogP contribution is 2.32. The minimum absolute atomic E-state index is 0.0863. The molecule has 2 N–H and O–H groups in total. The van der Waals surface area contributed by atoms with Crippen molar-refractivity contribution < 1.29 is 10.2 Å². The first-order valence-electron chi connectivity index (χ1n) is 9.75. The number of hydrogen-bond acceptors (Lipinski definition) is 4. The molecule has 0 aliphatic heterocycles. The minimum Gasteiger partial charge on any atom is -0.388 e. The Morgan fingerprint density at radius 2 is 1.72 bits per heavy atom. The van der Waals surface area contributed by atoms with E-state index in [-0.39, 0.29) is 5.43 Å². The van der Waals surface area contributed by atoms with Gasteiger partial charge in [0.15, 0.2) is 5.43 Å². The van der Waals surface area contributed by atoms with Crippen LogP contribution in [0.3, 0.4) is 0 Å². The molecule has 3 nitrogen and oxygen atoms in total. The van der Waals surface area contributed by atoms with Crippen LogP contribution in [0, 0.1) is 11.8 Å². The summed E-state index contributed by atoms with van der Waals surface area (Å²) < 4.78 is 0.915. The predicted molar refractivity (Wildman–Crippen MR) is 122 cm³/mol. The summed E-state index contributed by atoms with van der Waals surface area (Å²) in [5.41, 5.74) is 1.81. The Labute approximate surface area is 175 Å². The molecule has 1 aromatic heterocycles. The fourth-order valence-corrected chi connectivity index (χ4v) is 4.10. The molecule has 2 atom stereocenters. The summed E-state index contributed by atoms with van der Waals surface area (Å²) in [6.07, 6.45) is 1.10. The summed E-state index contributed by atoms with van der Waals surface area (Å²) in [5.74, 6) is 5.66. The SMILES string of the molecule is CCC(O)C#C/C(=C\c1c(-c2ccccc2)sc2ccccc2c1=O)C(O)CC. The van der Waals surface area contributed by atoms with Crippen LogP contribution in [0.25, 0.3) is 26.6 Å². The lowest BCUT2D eigenvalue weighted by molar-refractivity contribution is 0.212. The Morgan fingerprint density at radius 1 is 1.03 bits per heavy atom. The van der Waals surface area contributed by atoms with Gasteiger partial charge >= 0.3 is 0 Å². The van der Waals surface area contributed by atoms with E-state index >= 15 is 0 Å². The number of rotatable bonds is 5. The Bertz CT molecular complexity index is 1130. The monoisotopic (exact) mass is 404 g/mol. The molecule has 3 rings (SSSR count). The summed E-state index contributed by atoms with van der Waals surface area (Å²) in [4.78, 5) is 14.2. The van der Waals surface area contributed by atoms with Gasteiger partial charge in [-0.05, 0) is 36.6 Å². The number of aliphatic hydroxyl groups excluding tert-OH is 2. The van der Waals surface area contributed by atoms with E-state index in [4.69, 9.17) is 0 Å². The summed E-state index contributed by atoms with van der Waals surface area (Å²) in [7, 11) is 0. The molecule has 0 radical (unpaired) electrons. The fourth-order valence-electron chi connectivity index (χ4n) is 2.95. The molecule has 0 saturated carbocycles. The molecule has 0 fully saturated rings. The minimum atomic E-state index is -0.800. The maximum atomic E-state index is 13.3. The third kappa shape index (κ3) is 4.83. The summed E-state index contributed by atoms with van der Waals surface area (Å²) in [6, 6.07) is 17.3. The summed E-state index contributed by atoms with van der Waals surface area (Å²) >= 11 is 1.55. The molecular formula is C25H24O3S. The van der Waals surface area contributed by atoms with Crippen LogP contribution in [-0.2, 0) is 0 Å². The zero-order chi connectivity index (χ0) is 20.8. The van der Waals surface area contributed by atoms with Gasteiger partial charge in [-0.25, -0.2) is 0 Å². The smallest absolute Gasteiger partial charge is 0.195 e. The van der Waals surface area contributed by atoms with Crippen molar-refractivity contribution in [2.45, 2.75) is 38.9 Å². The molecule has 1 heterocycles. The molecule has 2 aromatic carbocycles. The zero-order valence-corrected chi connectivity index (χ0v) is 17.4. The van der Waals surface area contributed by atoms with E-state index in [1.54, 1.807) is 17.4 Å². The van der Waals surface area contributed by atoms with Crippen molar-refractivity contribution in [3.63, 3.8) is 0 Å². The quantitative estimate of drug-likeness (QED) is 0.597. The molecule has 29 heavy (non-hydrogen) atoms. The van der Waals surface area contributed by atoms with Crippen molar-refractivity contribution in [2.24, 2.45) is 0 Å². The Hall–Kier alpha value is -2.71. The normalized spacial score (nSPS) is 13.6. The van der Waals surface area contributed by atoms with Crippen molar-refractivity contribution >= 4 is 27.5 Å². The van der Waals surface area contributed by atoms with Crippen LogP contribution in [-0.4, -0.2) is 22.4 Å². The first kappa shape index (κ1) is 21.0. The number of fused-ring (bicyclic) bond motifs is 1. The first-order chi connectivity index (χ1) is 14.0. The second kappa shape index (κ2) is 9.67. The third-order valence-corrected chi connectivity index (χ3v) is 5.92. The van der Waals surface area contributed by atoms with Crippen LogP contribution >= 0.6 is 11.3 Å². The maximum Gasteiger partial charge on any atom is 0.195 e. The van der Waals surface area contributed by atoms with E-state index in [2.05, 4.69) is 11.8 Å². The molecule has 2 unspecified atom stereocenters. The lowest BCUT2D eigenvalue weighted by atomic mass is 10.0. The van der Waals surface area contributed by atoms with E-state index < -0.39 is 12.2 Å². The highest BCUT2D eigenvalue weighted by Gasteiger charge is 2.15. The molecule has 3 aromatic rings. The second-order valence-electron chi connectivity index (χ2n) is 6.75. The zero-order valence-electron chi connectivity index (χ0n) is 16.6. The topological polar surface area (TPSA) is 57.5 Å². The molecule has 148 valence electrons. The summed E-state index contributed by atoms with van der Waals surface area (Å²) in [5, 5.41) is 20.9. The van der Waals surface area contributed by atoms with Gasteiger partial charge < -0.3 is 10.2 Å². The van der Waals surface area contributed by atoms with Crippen molar-refractivity contribution in [2.75, 3.05) is 0 Å². The van der Waals surface area contributed by atoms with Gasteiger partial charge in [-0.3, -0.25) is 4.79 Å². The van der Waals surface area contributed by atoms with E-state index in [0.29, 0.717) is 29.4 Å². The fraction of sp³-hybridized carbons (Fsp3) is 0.240. The van der Waals surface area contributed by atoms with Crippen LogP contribution < -0.4 is 5.43 Å². The Kier molecular flexibility index (Phi) is 7.00. The number of hydrogen-bond donors (Lipinski definition) is 2. The lowest BCUT2D eigenvalue weighted by Gasteiger charge is -2.11. The maximum absolute atomic E-state index is 13.3. The highest BCUT2D eigenvalue weighted by atomic mass is 32.1. The average Bonchev–Trinajstić information content (AvgIpc) is 2.77. The molecule has 4 heteroatoms. The molecule has 0 spiro atoms. The molecule has 0 bridgehead atoms. The van der Waals surface area contributed by atoms with E-state index in [9.17, 15) is 15.0 Å². The van der Waals surface area contributed by atoms with Gasteiger partial charge in [-0.2, -0.15) is 0 Å². The number of benzene rings is 2. The predicted octanol–water partition coefficient (Wildman–Crippen LogP) is 4.86. The van der Waals surface area contributed by atoms with E-state index in [1.807, 2.05) is 68.4 Å². The lowest BCUT2D eigenvalue weighted by Crippen LogP contribution is -2.12. The van der Waals surface area contributed by atoms with Gasteiger partial charge in [0.05, 0.1) is 6.10 Å². The molecule has 0 saturated heterocycles. The number of aliphatic hydroxyl groups is 2. The Balaban J connectivity index is 2.30. The van der Waals surface area contributed by atoms with Crippen LogP contribution in [0.2, 0.25) is 0 Å². The second-order valence-corrected chi connectivity index (χ2v) is 7.81. The van der Waals surface area contributed by atoms with E-state index in [1.165, 1.54) is 0 Å². The molecule has 0 amide bonds. The van der Waals surface area contributed by atoms with Gasteiger partial charge in [-0.1, -0.05) is 68.2 Å². The van der Waals surface area contributed by atoms with Crippen LogP contribution in [0.4, 0.5) is 0 Å². The average molecular weight is 405 g/mol. The highest BCUT2D eigenvalue weighted by molar-refractivity contribution is 7.21.